The summed E-state index contributed by atoms with van der Waals surface area (Å²) in [4.78, 5) is 12.3. The third kappa shape index (κ3) is 3.87. The zero-order valence-electron chi connectivity index (χ0n) is 19.4. The van der Waals surface area contributed by atoms with Crippen molar-refractivity contribution in [3.63, 3.8) is 0 Å². The van der Waals surface area contributed by atoms with E-state index in [1.54, 1.807) is 18.3 Å². The first-order valence-corrected chi connectivity index (χ1v) is 12.1. The maximum Gasteiger partial charge on any atom is 0.403 e. The van der Waals surface area contributed by atoms with Crippen molar-refractivity contribution in [2.24, 2.45) is 5.41 Å². The van der Waals surface area contributed by atoms with Crippen molar-refractivity contribution >= 4 is 17.4 Å². The molecule has 6 rings (SSSR count). The zero-order chi connectivity index (χ0) is 24.5. The van der Waals surface area contributed by atoms with Gasteiger partial charge < -0.3 is 4.90 Å². The predicted octanol–water partition coefficient (Wildman–Crippen LogP) is 4.67. The molecule has 1 saturated heterocycles. The fraction of sp³-hybridized carbons (Fsp3) is 0.500. The minimum Gasteiger partial charge on any atom is -0.355 e. The van der Waals surface area contributed by atoms with E-state index in [-0.39, 0.29) is 24.4 Å². The van der Waals surface area contributed by atoms with Gasteiger partial charge in [0, 0.05) is 42.2 Å². The summed E-state index contributed by atoms with van der Waals surface area (Å²) in [7, 11) is 0. The lowest BCUT2D eigenvalue weighted by atomic mass is 9.57. The molecule has 7 nitrogen and oxygen atoms in total. The van der Waals surface area contributed by atoms with Gasteiger partial charge in [-0.3, -0.25) is 9.47 Å². The summed E-state index contributed by atoms with van der Waals surface area (Å²) in [5.74, 6) is 3.28. The van der Waals surface area contributed by atoms with Crippen LogP contribution in [-0.4, -0.2) is 54.9 Å². The number of hydrogen-bond donors (Lipinski definition) is 0. The van der Waals surface area contributed by atoms with Gasteiger partial charge >= 0.3 is 6.18 Å². The smallest absolute Gasteiger partial charge is 0.355 e. The molecule has 3 aliphatic rings. The van der Waals surface area contributed by atoms with Gasteiger partial charge in [-0.25, -0.2) is 9.97 Å². The molecular weight excluding hydrogens is 479 g/mol. The second kappa shape index (κ2) is 7.89. The van der Waals surface area contributed by atoms with Crippen LogP contribution in [0.25, 0.3) is 5.69 Å². The maximum absolute atomic E-state index is 13.6. The fourth-order valence-electron chi connectivity index (χ4n) is 5.77. The van der Waals surface area contributed by atoms with Gasteiger partial charge in [0.25, 0.3) is 0 Å². The summed E-state index contributed by atoms with van der Waals surface area (Å²) in [5.41, 5.74) is 1.78. The van der Waals surface area contributed by atoms with E-state index in [1.165, 1.54) is 11.8 Å². The number of aryl methyl sites for hydroxylation is 1. The monoisotopic (exact) mass is 503 g/mol. The Balaban J connectivity index is 1.26. The Morgan fingerprint density at radius 1 is 1.11 bits per heavy atom. The standard InChI is InChI=1S/C24H25ClF3N7/c1-14(24(26,27)28)33-10-16-7-18(25)3-4-19(16)35-21(11-33)31-32-22(35)17-8-23(9-17)12-34(13-23)20-5-6-29-15(2)30-20/h3-7,14,17H,8-13H2,1-2H3. The molecule has 4 heterocycles. The van der Waals surface area contributed by atoms with E-state index in [0.717, 1.165) is 54.6 Å². The highest BCUT2D eigenvalue weighted by molar-refractivity contribution is 6.30. The first kappa shape index (κ1) is 22.7. The average Bonchev–Trinajstić information content (AvgIpc) is 3.06. The summed E-state index contributed by atoms with van der Waals surface area (Å²) in [5, 5.41) is 9.35. The highest BCUT2D eigenvalue weighted by Gasteiger charge is 2.54. The Bertz CT molecular complexity index is 1280. The topological polar surface area (TPSA) is 63.0 Å². The van der Waals surface area contributed by atoms with Gasteiger partial charge in [0.05, 0.1) is 12.2 Å². The highest BCUT2D eigenvalue weighted by Crippen LogP contribution is 2.56. The molecule has 1 spiro atoms. The Kier molecular flexibility index (Phi) is 5.12. The fourth-order valence-corrected chi connectivity index (χ4v) is 5.96. The molecule has 1 unspecified atom stereocenters. The number of hydrogen-bond acceptors (Lipinski definition) is 6. The molecule has 3 aromatic rings. The molecule has 2 fully saturated rings. The van der Waals surface area contributed by atoms with Crippen molar-refractivity contribution in [2.75, 3.05) is 18.0 Å². The largest absolute Gasteiger partial charge is 0.403 e. The second-order valence-electron chi connectivity index (χ2n) is 10.1. The Morgan fingerprint density at radius 3 is 2.60 bits per heavy atom. The summed E-state index contributed by atoms with van der Waals surface area (Å²) < 4.78 is 42.7. The van der Waals surface area contributed by atoms with Crippen molar-refractivity contribution in [1.82, 2.24) is 29.6 Å². The Morgan fingerprint density at radius 2 is 1.89 bits per heavy atom. The molecule has 1 saturated carbocycles. The number of rotatable bonds is 3. The predicted molar refractivity (Wildman–Crippen MR) is 125 cm³/mol. The van der Waals surface area contributed by atoms with Crippen molar-refractivity contribution in [1.29, 1.82) is 0 Å². The Labute approximate surface area is 205 Å². The molecule has 0 radical (unpaired) electrons. The molecule has 11 heteroatoms. The minimum absolute atomic E-state index is 0.0681. The van der Waals surface area contributed by atoms with Crippen LogP contribution < -0.4 is 4.90 Å². The van der Waals surface area contributed by atoms with Gasteiger partial charge in [-0.05, 0) is 56.5 Å². The molecule has 184 valence electrons. The molecule has 1 aliphatic carbocycles. The molecule has 0 amide bonds. The molecule has 35 heavy (non-hydrogen) atoms. The number of alkyl halides is 3. The van der Waals surface area contributed by atoms with Crippen LogP contribution in [-0.2, 0) is 13.1 Å². The molecule has 0 bridgehead atoms. The van der Waals surface area contributed by atoms with E-state index in [9.17, 15) is 13.2 Å². The zero-order valence-corrected chi connectivity index (χ0v) is 20.2. The molecule has 1 atom stereocenters. The van der Waals surface area contributed by atoms with E-state index in [1.807, 2.05) is 23.6 Å². The van der Waals surface area contributed by atoms with Crippen LogP contribution in [0.2, 0.25) is 5.02 Å². The van der Waals surface area contributed by atoms with Crippen LogP contribution in [0.15, 0.2) is 30.5 Å². The Hall–Kier alpha value is -2.72. The van der Waals surface area contributed by atoms with Crippen molar-refractivity contribution in [3.05, 3.63) is 58.5 Å². The molecule has 2 aromatic heterocycles. The quantitative estimate of drug-likeness (QED) is 0.517. The van der Waals surface area contributed by atoms with Crippen LogP contribution in [0.5, 0.6) is 0 Å². The van der Waals surface area contributed by atoms with Crippen LogP contribution in [0.4, 0.5) is 19.0 Å². The maximum atomic E-state index is 13.6. The van der Waals surface area contributed by atoms with E-state index in [0.29, 0.717) is 10.8 Å². The second-order valence-corrected chi connectivity index (χ2v) is 10.6. The van der Waals surface area contributed by atoms with E-state index >= 15 is 0 Å². The number of fused-ring (bicyclic) bond motifs is 3. The lowest BCUT2D eigenvalue weighted by Crippen LogP contribution is -2.62. The lowest BCUT2D eigenvalue weighted by molar-refractivity contribution is -0.182. The molecule has 1 aromatic carbocycles. The van der Waals surface area contributed by atoms with E-state index < -0.39 is 12.2 Å². The van der Waals surface area contributed by atoms with Gasteiger partial charge in [-0.2, -0.15) is 13.2 Å². The molecule has 2 aliphatic heterocycles. The summed E-state index contributed by atoms with van der Waals surface area (Å²) in [6, 6.07) is 5.71. The lowest BCUT2D eigenvalue weighted by Gasteiger charge is -2.59. The minimum atomic E-state index is -4.34. The third-order valence-electron chi connectivity index (χ3n) is 7.64. The SMILES string of the molecule is Cc1nccc(N2CC3(CC(c4nnc5n4-c4ccc(Cl)cc4CN(C(C)C(F)(F)F)C5)C3)C2)n1. The summed E-state index contributed by atoms with van der Waals surface area (Å²) in [6.07, 6.45) is -0.617. The van der Waals surface area contributed by atoms with Crippen molar-refractivity contribution in [2.45, 2.75) is 57.9 Å². The van der Waals surface area contributed by atoms with E-state index in [4.69, 9.17) is 11.6 Å². The number of halogens is 4. The van der Waals surface area contributed by atoms with Gasteiger partial charge in [-0.15, -0.1) is 10.2 Å². The van der Waals surface area contributed by atoms with Gasteiger partial charge in [0.1, 0.15) is 23.5 Å². The van der Waals surface area contributed by atoms with Gasteiger partial charge in [0.2, 0.25) is 0 Å². The van der Waals surface area contributed by atoms with Crippen LogP contribution in [0.3, 0.4) is 0 Å². The van der Waals surface area contributed by atoms with E-state index in [2.05, 4.69) is 25.1 Å². The molecule has 0 N–H and O–H groups in total. The molecular formula is C24H25ClF3N7. The first-order chi connectivity index (χ1) is 16.6. The van der Waals surface area contributed by atoms with Crippen LogP contribution in [0, 0.1) is 12.3 Å². The third-order valence-corrected chi connectivity index (χ3v) is 7.87. The van der Waals surface area contributed by atoms with Crippen molar-refractivity contribution in [3.8, 4) is 5.69 Å². The number of anilines is 1. The van der Waals surface area contributed by atoms with Crippen molar-refractivity contribution < 1.29 is 13.2 Å². The number of aromatic nitrogens is 5. The van der Waals surface area contributed by atoms with Gasteiger partial charge in [0.15, 0.2) is 5.82 Å². The normalized spacial score (nSPS) is 20.6. The summed E-state index contributed by atoms with van der Waals surface area (Å²) >= 11 is 6.23. The summed E-state index contributed by atoms with van der Waals surface area (Å²) in [6.45, 7) is 5.15. The van der Waals surface area contributed by atoms with Crippen LogP contribution >= 0.6 is 11.6 Å². The van der Waals surface area contributed by atoms with Crippen LogP contribution in [0.1, 0.15) is 48.7 Å². The first-order valence-electron chi connectivity index (χ1n) is 11.7. The highest BCUT2D eigenvalue weighted by atomic mass is 35.5. The van der Waals surface area contributed by atoms with Gasteiger partial charge in [-0.1, -0.05) is 11.6 Å². The number of nitrogens with zero attached hydrogens (tertiary/aromatic N) is 7. The average molecular weight is 504 g/mol. The number of benzene rings is 1.